The Morgan fingerprint density at radius 3 is 1.91 bits per heavy atom. The van der Waals surface area contributed by atoms with E-state index in [2.05, 4.69) is 20.9 Å². The molecule has 240 valence electrons. The summed E-state index contributed by atoms with van der Waals surface area (Å²) in [7, 11) is 0. The minimum absolute atomic E-state index is 0.0198. The summed E-state index contributed by atoms with van der Waals surface area (Å²) < 4.78 is 0. The number of aromatic nitrogens is 1. The third kappa shape index (κ3) is 10.4. The van der Waals surface area contributed by atoms with E-state index < -0.39 is 59.7 Å². The number of amides is 5. The molecule has 0 bridgehead atoms. The number of hydrogen-bond acceptors (Lipinski definition) is 8. The number of nitrogens with two attached hydrogens (primary N) is 3. The number of H-pyrrole nitrogens is 1. The second-order valence-electron chi connectivity index (χ2n) is 10.6. The molecule has 0 aliphatic rings. The maximum atomic E-state index is 13.8. The quantitative estimate of drug-likeness (QED) is 0.0896. The standard InChI is InChI=1S/C30H37N7O8/c31-20(9-11-25(32)39)27(41)36-24(14-17-15-34-21-4-2-1-3-19(17)21)29(43)37-23(13-16-5-7-18(38)8-6-16)28(42)35-22(30(44)45)10-12-26(33)40/h1-8,15,20,22-24,34,38H,9-14,31H2,(H2,32,39)(H2,33,40)(H,35,42)(H,36,41)(H,37,43)(H,44,45). The number of carboxylic acids is 1. The number of carbonyl (C=O) groups is 6. The fraction of sp³-hybridized carbons (Fsp3) is 0.333. The SMILES string of the molecule is NC(=O)CCC(N)C(=O)NC(Cc1c[nH]c2ccccc12)C(=O)NC(Cc1ccc(O)cc1)C(=O)NC(CCC(N)=O)C(=O)O. The van der Waals surface area contributed by atoms with Gasteiger partial charge in [-0.15, -0.1) is 0 Å². The summed E-state index contributed by atoms with van der Waals surface area (Å²) in [6.45, 7) is 0. The van der Waals surface area contributed by atoms with Crippen molar-refractivity contribution in [3.05, 3.63) is 65.9 Å². The van der Waals surface area contributed by atoms with E-state index >= 15 is 0 Å². The van der Waals surface area contributed by atoms with Gasteiger partial charge in [-0.2, -0.15) is 0 Å². The molecule has 0 spiro atoms. The van der Waals surface area contributed by atoms with E-state index in [-0.39, 0.29) is 44.3 Å². The lowest BCUT2D eigenvalue weighted by Gasteiger charge is -2.25. The van der Waals surface area contributed by atoms with Gasteiger partial charge in [-0.25, -0.2) is 4.79 Å². The van der Waals surface area contributed by atoms with Crippen molar-refractivity contribution in [1.29, 1.82) is 0 Å². The van der Waals surface area contributed by atoms with E-state index in [1.807, 2.05) is 24.3 Å². The highest BCUT2D eigenvalue weighted by molar-refractivity contribution is 5.95. The zero-order valence-corrected chi connectivity index (χ0v) is 24.3. The number of phenolic OH excluding ortho intramolecular Hbond substituents is 1. The number of nitrogens with one attached hydrogen (secondary N) is 4. The Morgan fingerprint density at radius 1 is 0.733 bits per heavy atom. The van der Waals surface area contributed by atoms with Crippen molar-refractivity contribution in [2.45, 2.75) is 62.7 Å². The molecule has 0 saturated heterocycles. The Balaban J connectivity index is 1.89. The number of aliphatic carboxylic acids is 1. The van der Waals surface area contributed by atoms with E-state index in [0.29, 0.717) is 11.1 Å². The highest BCUT2D eigenvalue weighted by atomic mass is 16.4. The van der Waals surface area contributed by atoms with Gasteiger partial charge in [0, 0.05) is 42.8 Å². The maximum absolute atomic E-state index is 13.8. The Morgan fingerprint density at radius 2 is 1.29 bits per heavy atom. The number of benzene rings is 2. The summed E-state index contributed by atoms with van der Waals surface area (Å²) in [5.74, 6) is -5.22. The molecule has 3 rings (SSSR count). The van der Waals surface area contributed by atoms with Crippen LogP contribution in [0, 0.1) is 0 Å². The van der Waals surface area contributed by atoms with Crippen molar-refractivity contribution in [3.8, 4) is 5.75 Å². The molecule has 1 heterocycles. The molecule has 3 aromatic rings. The first-order valence-corrected chi connectivity index (χ1v) is 14.1. The fourth-order valence-corrected chi connectivity index (χ4v) is 4.60. The second-order valence-corrected chi connectivity index (χ2v) is 10.6. The molecule has 0 aliphatic heterocycles. The van der Waals surface area contributed by atoms with Crippen molar-refractivity contribution in [1.82, 2.24) is 20.9 Å². The van der Waals surface area contributed by atoms with Crippen LogP contribution in [0.25, 0.3) is 10.9 Å². The van der Waals surface area contributed by atoms with E-state index in [0.717, 1.165) is 10.9 Å². The van der Waals surface area contributed by atoms with Gasteiger partial charge < -0.3 is 48.3 Å². The normalized spacial score (nSPS) is 13.6. The van der Waals surface area contributed by atoms with Crippen LogP contribution in [0.3, 0.4) is 0 Å². The van der Waals surface area contributed by atoms with E-state index in [1.54, 1.807) is 6.20 Å². The minimum atomic E-state index is -1.48. The van der Waals surface area contributed by atoms with Gasteiger partial charge in [0.05, 0.1) is 6.04 Å². The highest BCUT2D eigenvalue weighted by Crippen LogP contribution is 2.20. The fourth-order valence-electron chi connectivity index (χ4n) is 4.60. The molecule has 2 aromatic carbocycles. The number of para-hydroxylation sites is 1. The van der Waals surface area contributed by atoms with Gasteiger partial charge in [0.2, 0.25) is 29.5 Å². The van der Waals surface area contributed by atoms with Gasteiger partial charge in [0.15, 0.2) is 0 Å². The lowest BCUT2D eigenvalue weighted by atomic mass is 10.0. The first-order chi connectivity index (χ1) is 21.3. The van der Waals surface area contributed by atoms with Gasteiger partial charge in [-0.05, 0) is 42.2 Å². The van der Waals surface area contributed by atoms with Crippen LogP contribution in [0.1, 0.15) is 36.8 Å². The maximum Gasteiger partial charge on any atom is 0.326 e. The third-order valence-corrected chi connectivity index (χ3v) is 7.07. The average molecular weight is 624 g/mol. The topological polar surface area (TPSA) is 273 Å². The average Bonchev–Trinajstić information content (AvgIpc) is 3.40. The number of aromatic amines is 1. The number of hydrogen-bond donors (Lipinski definition) is 9. The van der Waals surface area contributed by atoms with Crippen LogP contribution in [0.5, 0.6) is 5.75 Å². The number of primary amides is 2. The van der Waals surface area contributed by atoms with Gasteiger partial charge >= 0.3 is 5.97 Å². The third-order valence-electron chi connectivity index (χ3n) is 7.07. The van der Waals surface area contributed by atoms with Crippen LogP contribution < -0.4 is 33.2 Å². The van der Waals surface area contributed by atoms with Crippen molar-refractivity contribution in [2.75, 3.05) is 0 Å². The van der Waals surface area contributed by atoms with Gasteiger partial charge in [0.25, 0.3) is 0 Å². The smallest absolute Gasteiger partial charge is 0.326 e. The number of rotatable bonds is 17. The van der Waals surface area contributed by atoms with Crippen LogP contribution in [0.2, 0.25) is 0 Å². The second kappa shape index (κ2) is 15.9. The molecule has 0 aliphatic carbocycles. The van der Waals surface area contributed by atoms with Crippen LogP contribution in [0.4, 0.5) is 0 Å². The zero-order valence-electron chi connectivity index (χ0n) is 24.3. The van der Waals surface area contributed by atoms with Crippen LogP contribution in [0.15, 0.2) is 54.7 Å². The molecule has 0 saturated carbocycles. The van der Waals surface area contributed by atoms with Crippen LogP contribution in [-0.2, 0) is 41.6 Å². The predicted octanol–water partition coefficient (Wildman–Crippen LogP) is -0.944. The van der Waals surface area contributed by atoms with Gasteiger partial charge in [-0.1, -0.05) is 30.3 Å². The summed E-state index contributed by atoms with van der Waals surface area (Å²) in [5.41, 5.74) is 18.2. The monoisotopic (exact) mass is 623 g/mol. The largest absolute Gasteiger partial charge is 0.508 e. The number of aromatic hydroxyl groups is 1. The Kier molecular flexibility index (Phi) is 12.0. The Labute approximate surface area is 257 Å². The molecule has 0 fully saturated rings. The van der Waals surface area contributed by atoms with Crippen LogP contribution in [-0.4, -0.2) is 74.9 Å². The van der Waals surface area contributed by atoms with Crippen molar-refractivity contribution in [3.63, 3.8) is 0 Å². The summed E-state index contributed by atoms with van der Waals surface area (Å²) in [5, 5.41) is 27.6. The Bertz CT molecular complexity index is 1540. The molecule has 45 heavy (non-hydrogen) atoms. The highest BCUT2D eigenvalue weighted by Gasteiger charge is 2.31. The van der Waals surface area contributed by atoms with E-state index in [1.165, 1.54) is 24.3 Å². The molecule has 15 heteroatoms. The van der Waals surface area contributed by atoms with Crippen molar-refractivity contribution >= 4 is 46.4 Å². The predicted molar refractivity (Wildman–Crippen MR) is 162 cm³/mol. The Hall–Kier alpha value is -5.44. The lowest BCUT2D eigenvalue weighted by molar-refractivity contribution is -0.142. The molecule has 5 amide bonds. The molecule has 4 unspecified atom stereocenters. The first kappa shape index (κ1) is 34.1. The molecule has 1 aromatic heterocycles. The molecule has 0 radical (unpaired) electrons. The van der Waals surface area contributed by atoms with E-state index in [9.17, 15) is 39.0 Å². The van der Waals surface area contributed by atoms with Gasteiger partial charge in [0.1, 0.15) is 23.9 Å². The summed E-state index contributed by atoms with van der Waals surface area (Å²) >= 11 is 0. The summed E-state index contributed by atoms with van der Waals surface area (Å²) in [6, 6.07) is 7.87. The molecular formula is C30H37N7O8. The van der Waals surface area contributed by atoms with Crippen molar-refractivity contribution in [2.24, 2.45) is 17.2 Å². The minimum Gasteiger partial charge on any atom is -0.508 e. The van der Waals surface area contributed by atoms with Gasteiger partial charge in [-0.3, -0.25) is 24.0 Å². The number of fused-ring (bicyclic) bond motifs is 1. The first-order valence-electron chi connectivity index (χ1n) is 14.1. The molecular weight excluding hydrogens is 586 g/mol. The molecule has 15 nitrogen and oxygen atoms in total. The zero-order chi connectivity index (χ0) is 33.1. The van der Waals surface area contributed by atoms with Crippen molar-refractivity contribution < 1.29 is 39.0 Å². The van der Waals surface area contributed by atoms with Crippen LogP contribution >= 0.6 is 0 Å². The summed E-state index contributed by atoms with van der Waals surface area (Å²) in [4.78, 5) is 77.4. The van der Waals surface area contributed by atoms with E-state index in [4.69, 9.17) is 17.2 Å². The number of carbonyl (C=O) groups excluding carboxylic acids is 5. The molecule has 12 N–H and O–H groups in total. The summed E-state index contributed by atoms with van der Waals surface area (Å²) in [6.07, 6.45) is 0.750. The molecule has 4 atom stereocenters. The number of carboxylic acid groups (broad SMARTS) is 1. The number of phenols is 1. The lowest BCUT2D eigenvalue weighted by Crippen LogP contribution is -2.58.